The number of aryl methyl sites for hydroxylation is 1. The second-order valence-corrected chi connectivity index (χ2v) is 7.69. The minimum absolute atomic E-state index is 0.0592. The van der Waals surface area contributed by atoms with Crippen LogP contribution in [0.25, 0.3) is 0 Å². The molecule has 3 rings (SSSR count). The molecule has 1 amide bonds. The van der Waals surface area contributed by atoms with Crippen LogP contribution in [0.2, 0.25) is 0 Å². The summed E-state index contributed by atoms with van der Waals surface area (Å²) in [5.41, 5.74) is 0.339. The second-order valence-electron chi connectivity index (χ2n) is 6.37. The van der Waals surface area contributed by atoms with Crippen LogP contribution in [-0.4, -0.2) is 23.4 Å². The number of carbonyl (C=O) groups excluding carboxylic acids is 1. The van der Waals surface area contributed by atoms with Crippen LogP contribution in [0, 0.1) is 12.3 Å². The summed E-state index contributed by atoms with van der Waals surface area (Å²) in [6, 6.07) is 4.23. The van der Waals surface area contributed by atoms with Crippen molar-refractivity contribution in [3.63, 3.8) is 0 Å². The molecule has 1 N–H and O–H groups in total. The van der Waals surface area contributed by atoms with Gasteiger partial charge in [0.05, 0.1) is 6.04 Å². The van der Waals surface area contributed by atoms with Gasteiger partial charge in [-0.15, -0.1) is 11.3 Å². The second kappa shape index (κ2) is 4.60. The molecule has 1 aromatic rings. The summed E-state index contributed by atoms with van der Waals surface area (Å²) < 4.78 is 0. The maximum absolute atomic E-state index is 12.4. The van der Waals surface area contributed by atoms with E-state index in [-0.39, 0.29) is 18.1 Å². The SMILES string of the molecule is Cc1ccc(C2NC(C)C(=O)N2CC2(C)CCC2)s1. The van der Waals surface area contributed by atoms with Gasteiger partial charge >= 0.3 is 0 Å². The van der Waals surface area contributed by atoms with Crippen LogP contribution in [0.1, 0.15) is 49.0 Å². The summed E-state index contributed by atoms with van der Waals surface area (Å²) in [7, 11) is 0. The molecule has 1 aromatic heterocycles. The van der Waals surface area contributed by atoms with E-state index in [1.54, 1.807) is 11.3 Å². The van der Waals surface area contributed by atoms with E-state index in [1.165, 1.54) is 29.0 Å². The fraction of sp³-hybridized carbons (Fsp3) is 0.667. The monoisotopic (exact) mass is 278 g/mol. The molecule has 2 fully saturated rings. The average Bonchev–Trinajstić information content (AvgIpc) is 2.86. The molecule has 2 atom stereocenters. The van der Waals surface area contributed by atoms with Crippen molar-refractivity contribution in [1.29, 1.82) is 0 Å². The first-order chi connectivity index (χ1) is 8.98. The zero-order valence-corrected chi connectivity index (χ0v) is 12.7. The number of hydrogen-bond donors (Lipinski definition) is 1. The fourth-order valence-corrected chi connectivity index (χ4v) is 4.08. The van der Waals surface area contributed by atoms with Gasteiger partial charge in [-0.3, -0.25) is 10.1 Å². The number of hydrogen-bond acceptors (Lipinski definition) is 3. The predicted molar refractivity (Wildman–Crippen MR) is 78.1 cm³/mol. The third-order valence-electron chi connectivity index (χ3n) is 4.52. The van der Waals surface area contributed by atoms with Gasteiger partial charge in [-0.25, -0.2) is 0 Å². The summed E-state index contributed by atoms with van der Waals surface area (Å²) in [6.45, 7) is 7.29. The van der Waals surface area contributed by atoms with Crippen LogP contribution >= 0.6 is 11.3 Å². The van der Waals surface area contributed by atoms with Crippen LogP contribution in [0.4, 0.5) is 0 Å². The lowest BCUT2D eigenvalue weighted by Gasteiger charge is -2.42. The Morgan fingerprint density at radius 1 is 1.47 bits per heavy atom. The Morgan fingerprint density at radius 3 is 2.74 bits per heavy atom. The molecule has 0 bridgehead atoms. The molecule has 0 radical (unpaired) electrons. The highest BCUT2D eigenvalue weighted by atomic mass is 32.1. The van der Waals surface area contributed by atoms with Crippen molar-refractivity contribution >= 4 is 17.2 Å². The molecular formula is C15H22N2OS. The first-order valence-corrected chi connectivity index (χ1v) is 7.93. The Morgan fingerprint density at radius 2 is 2.21 bits per heavy atom. The zero-order chi connectivity index (χ0) is 13.6. The number of nitrogens with zero attached hydrogens (tertiary/aromatic N) is 1. The Labute approximate surface area is 119 Å². The Hall–Kier alpha value is -0.870. The van der Waals surface area contributed by atoms with Gasteiger partial charge in [0.2, 0.25) is 5.91 Å². The van der Waals surface area contributed by atoms with Crippen molar-refractivity contribution in [2.75, 3.05) is 6.54 Å². The van der Waals surface area contributed by atoms with E-state index in [2.05, 4.69) is 36.2 Å². The van der Waals surface area contributed by atoms with Gasteiger partial charge in [-0.2, -0.15) is 0 Å². The van der Waals surface area contributed by atoms with Crippen molar-refractivity contribution < 1.29 is 4.79 Å². The van der Waals surface area contributed by atoms with E-state index in [0.29, 0.717) is 5.41 Å². The molecule has 1 aliphatic carbocycles. The molecule has 2 aliphatic rings. The van der Waals surface area contributed by atoms with E-state index < -0.39 is 0 Å². The van der Waals surface area contributed by atoms with Gasteiger partial charge in [-0.1, -0.05) is 13.3 Å². The highest BCUT2D eigenvalue weighted by molar-refractivity contribution is 7.12. The van der Waals surface area contributed by atoms with Gasteiger partial charge in [-0.05, 0) is 44.2 Å². The maximum atomic E-state index is 12.4. The molecule has 19 heavy (non-hydrogen) atoms. The highest BCUT2D eigenvalue weighted by Crippen LogP contribution is 2.43. The number of thiophene rings is 1. The maximum Gasteiger partial charge on any atom is 0.241 e. The first kappa shape index (κ1) is 13.1. The molecule has 1 aliphatic heterocycles. The fourth-order valence-electron chi connectivity index (χ4n) is 3.13. The first-order valence-electron chi connectivity index (χ1n) is 7.11. The van der Waals surface area contributed by atoms with Gasteiger partial charge in [0.15, 0.2) is 0 Å². The Balaban J connectivity index is 1.83. The smallest absolute Gasteiger partial charge is 0.241 e. The zero-order valence-electron chi connectivity index (χ0n) is 11.9. The van der Waals surface area contributed by atoms with Crippen LogP contribution < -0.4 is 5.32 Å². The van der Waals surface area contributed by atoms with Gasteiger partial charge in [0.1, 0.15) is 6.17 Å². The van der Waals surface area contributed by atoms with Crippen LogP contribution in [0.3, 0.4) is 0 Å². The molecule has 1 saturated carbocycles. The molecule has 104 valence electrons. The van der Waals surface area contributed by atoms with Crippen molar-refractivity contribution in [1.82, 2.24) is 10.2 Å². The van der Waals surface area contributed by atoms with E-state index >= 15 is 0 Å². The quantitative estimate of drug-likeness (QED) is 0.921. The lowest BCUT2D eigenvalue weighted by Crippen LogP contribution is -2.42. The molecule has 2 heterocycles. The summed E-state index contributed by atoms with van der Waals surface area (Å²) in [5.74, 6) is 0.254. The minimum Gasteiger partial charge on any atom is -0.320 e. The normalized spacial score (nSPS) is 29.6. The summed E-state index contributed by atoms with van der Waals surface area (Å²) in [5, 5.41) is 3.44. The van der Waals surface area contributed by atoms with E-state index in [4.69, 9.17) is 0 Å². The molecular weight excluding hydrogens is 256 g/mol. The number of nitrogens with one attached hydrogen (secondary N) is 1. The van der Waals surface area contributed by atoms with E-state index in [1.807, 2.05) is 6.92 Å². The molecule has 0 aromatic carbocycles. The minimum atomic E-state index is -0.0592. The Kier molecular flexibility index (Phi) is 3.18. The lowest BCUT2D eigenvalue weighted by molar-refractivity contribution is -0.132. The molecule has 3 nitrogen and oxygen atoms in total. The van der Waals surface area contributed by atoms with Crippen molar-refractivity contribution in [2.24, 2.45) is 5.41 Å². The average molecular weight is 278 g/mol. The van der Waals surface area contributed by atoms with Crippen molar-refractivity contribution in [2.45, 2.75) is 52.2 Å². The van der Waals surface area contributed by atoms with Crippen LogP contribution in [-0.2, 0) is 4.79 Å². The predicted octanol–water partition coefficient (Wildman–Crippen LogP) is 3.07. The summed E-state index contributed by atoms with van der Waals surface area (Å²) >= 11 is 1.79. The third-order valence-corrected chi connectivity index (χ3v) is 5.57. The van der Waals surface area contributed by atoms with E-state index in [9.17, 15) is 4.79 Å². The van der Waals surface area contributed by atoms with Crippen LogP contribution in [0.5, 0.6) is 0 Å². The lowest BCUT2D eigenvalue weighted by atomic mass is 9.70. The van der Waals surface area contributed by atoms with Crippen LogP contribution in [0.15, 0.2) is 12.1 Å². The Bertz CT molecular complexity index is 492. The third kappa shape index (κ3) is 2.32. The topological polar surface area (TPSA) is 32.3 Å². The highest BCUT2D eigenvalue weighted by Gasteiger charge is 2.43. The molecule has 2 unspecified atom stereocenters. The standard InChI is InChI=1S/C15H22N2OS/c1-10-5-6-12(19-10)13-16-11(2)14(18)17(13)9-15(3)7-4-8-15/h5-6,11,13,16H,4,7-9H2,1-3H3. The van der Waals surface area contributed by atoms with Crippen molar-refractivity contribution in [3.8, 4) is 0 Å². The molecule has 4 heteroatoms. The van der Waals surface area contributed by atoms with Gasteiger partial charge in [0.25, 0.3) is 0 Å². The largest absolute Gasteiger partial charge is 0.320 e. The number of rotatable bonds is 3. The molecule has 0 spiro atoms. The summed E-state index contributed by atoms with van der Waals surface area (Å²) in [4.78, 5) is 17.0. The molecule has 1 saturated heterocycles. The van der Waals surface area contributed by atoms with E-state index in [0.717, 1.165) is 6.54 Å². The van der Waals surface area contributed by atoms with Gasteiger partial charge < -0.3 is 4.90 Å². The van der Waals surface area contributed by atoms with Gasteiger partial charge in [0, 0.05) is 16.3 Å². The number of carbonyl (C=O) groups is 1. The summed E-state index contributed by atoms with van der Waals surface area (Å²) in [6.07, 6.45) is 3.89. The number of amides is 1. The van der Waals surface area contributed by atoms with Crippen molar-refractivity contribution in [3.05, 3.63) is 21.9 Å².